The molecule has 0 fully saturated rings. The molecule has 3 heteroatoms. The van der Waals surface area contributed by atoms with E-state index in [-0.39, 0.29) is 0 Å². The van der Waals surface area contributed by atoms with E-state index in [0.29, 0.717) is 0 Å². The van der Waals surface area contributed by atoms with E-state index in [1.54, 1.807) is 0 Å². The number of furan rings is 1. The molecule has 0 aliphatic heterocycles. The summed E-state index contributed by atoms with van der Waals surface area (Å²) in [6.07, 6.45) is 0. The Morgan fingerprint density at radius 1 is 0.419 bits per heavy atom. The second-order valence-corrected chi connectivity index (χ2v) is 12.0. The van der Waals surface area contributed by atoms with Crippen LogP contribution in [0.5, 0.6) is 0 Å². The van der Waals surface area contributed by atoms with Gasteiger partial charge in [0.1, 0.15) is 5.58 Å². The van der Waals surface area contributed by atoms with E-state index < -0.39 is 0 Å². The van der Waals surface area contributed by atoms with Crippen molar-refractivity contribution in [3.8, 4) is 11.1 Å². The van der Waals surface area contributed by atoms with Gasteiger partial charge >= 0.3 is 0 Å². The predicted molar refractivity (Wildman–Crippen MR) is 184 cm³/mol. The van der Waals surface area contributed by atoms with Crippen LogP contribution in [0.2, 0.25) is 0 Å². The summed E-state index contributed by atoms with van der Waals surface area (Å²) in [6, 6.07) is 54.2. The molecule has 2 nitrogen and oxygen atoms in total. The lowest BCUT2D eigenvalue weighted by Gasteiger charge is -2.29. The first-order valence-electron chi connectivity index (χ1n) is 14.5. The number of para-hydroxylation sites is 3. The van der Waals surface area contributed by atoms with Gasteiger partial charge in [0.2, 0.25) is 0 Å². The topological polar surface area (TPSA) is 16.4 Å². The van der Waals surface area contributed by atoms with Gasteiger partial charge in [0, 0.05) is 41.9 Å². The molecule has 0 amide bonds. The molecule has 2 aromatic heterocycles. The summed E-state index contributed by atoms with van der Waals surface area (Å²) in [5.41, 5.74) is 7.41. The van der Waals surface area contributed by atoms with Gasteiger partial charge in [-0.2, -0.15) is 0 Å². The highest BCUT2D eigenvalue weighted by molar-refractivity contribution is 7.25. The number of thiophene rings is 1. The lowest BCUT2D eigenvalue weighted by Crippen LogP contribution is -2.12. The van der Waals surface area contributed by atoms with Crippen molar-refractivity contribution in [2.24, 2.45) is 0 Å². The molecular weight excluding hydrogens is 543 g/mol. The fraction of sp³-hybridized carbons (Fsp3) is 0. The van der Waals surface area contributed by atoms with Crippen LogP contribution in [-0.4, -0.2) is 0 Å². The molecule has 0 N–H and O–H groups in total. The van der Waals surface area contributed by atoms with Gasteiger partial charge in [-0.1, -0.05) is 115 Å². The highest BCUT2D eigenvalue weighted by Gasteiger charge is 2.24. The molecule has 202 valence electrons. The Hall–Kier alpha value is -5.38. The molecule has 9 aromatic rings. The summed E-state index contributed by atoms with van der Waals surface area (Å²) < 4.78 is 9.24. The van der Waals surface area contributed by atoms with Crippen LogP contribution < -0.4 is 4.90 Å². The number of benzene rings is 7. The van der Waals surface area contributed by atoms with E-state index in [4.69, 9.17) is 4.42 Å². The van der Waals surface area contributed by atoms with Gasteiger partial charge in [-0.05, 0) is 47.3 Å². The molecule has 0 saturated heterocycles. The first kappa shape index (κ1) is 24.2. The van der Waals surface area contributed by atoms with Crippen LogP contribution in [0.3, 0.4) is 0 Å². The van der Waals surface area contributed by atoms with Gasteiger partial charge in [-0.3, -0.25) is 0 Å². The van der Waals surface area contributed by atoms with Crippen LogP contribution in [0.4, 0.5) is 17.1 Å². The molecule has 0 saturated carbocycles. The van der Waals surface area contributed by atoms with Crippen LogP contribution in [0.15, 0.2) is 156 Å². The van der Waals surface area contributed by atoms with Gasteiger partial charge < -0.3 is 9.32 Å². The zero-order valence-electron chi connectivity index (χ0n) is 23.2. The Labute approximate surface area is 252 Å². The SMILES string of the molecule is c1ccc(N(c2cccc3ccccc23)c2cccc3c2oc2ccccc23)c(-c2cccc3sc4ccccc4c23)c1. The maximum atomic E-state index is 6.64. The Balaban J connectivity index is 1.40. The summed E-state index contributed by atoms with van der Waals surface area (Å²) in [5.74, 6) is 0. The zero-order valence-corrected chi connectivity index (χ0v) is 24.0. The lowest BCUT2D eigenvalue weighted by molar-refractivity contribution is 0.669. The molecule has 2 heterocycles. The van der Waals surface area contributed by atoms with E-state index in [0.717, 1.165) is 39.0 Å². The summed E-state index contributed by atoms with van der Waals surface area (Å²) in [5, 5.41) is 7.22. The zero-order chi connectivity index (χ0) is 28.3. The van der Waals surface area contributed by atoms with Crippen molar-refractivity contribution >= 4 is 81.3 Å². The fourth-order valence-corrected chi connectivity index (χ4v) is 7.73. The summed E-state index contributed by atoms with van der Waals surface area (Å²) in [6.45, 7) is 0. The lowest BCUT2D eigenvalue weighted by atomic mass is 9.96. The fourth-order valence-electron chi connectivity index (χ4n) is 6.60. The molecule has 9 rings (SSSR count). The summed E-state index contributed by atoms with van der Waals surface area (Å²) in [4.78, 5) is 2.40. The van der Waals surface area contributed by atoms with Crippen molar-refractivity contribution < 1.29 is 4.42 Å². The number of fused-ring (bicyclic) bond motifs is 7. The molecule has 0 aliphatic rings. The predicted octanol–water partition coefficient (Wildman–Crippen LogP) is 12.2. The minimum Gasteiger partial charge on any atom is -0.454 e. The van der Waals surface area contributed by atoms with Crippen molar-refractivity contribution in [3.63, 3.8) is 0 Å². The summed E-state index contributed by atoms with van der Waals surface area (Å²) >= 11 is 1.86. The van der Waals surface area contributed by atoms with Crippen molar-refractivity contribution in [1.29, 1.82) is 0 Å². The highest BCUT2D eigenvalue weighted by atomic mass is 32.1. The van der Waals surface area contributed by atoms with Crippen LogP contribution in [0.25, 0.3) is 64.0 Å². The standard InChI is InChI=1S/C40H25NOS/c1-2-14-27-26(12-1)13-9-21-33(27)41(35-22-10-19-31-29-16-4-7-23-36(29)42-40(31)35)34-20-6-3-15-28(34)30-18-11-25-38-39(30)32-17-5-8-24-37(32)43-38/h1-25H. The van der Waals surface area contributed by atoms with Crippen LogP contribution >= 0.6 is 11.3 Å². The number of hydrogen-bond acceptors (Lipinski definition) is 3. The van der Waals surface area contributed by atoms with Gasteiger partial charge in [0.05, 0.1) is 17.1 Å². The van der Waals surface area contributed by atoms with Gasteiger partial charge in [-0.25, -0.2) is 0 Å². The van der Waals surface area contributed by atoms with Crippen LogP contribution in [0, 0.1) is 0 Å². The number of nitrogens with zero attached hydrogens (tertiary/aromatic N) is 1. The number of rotatable bonds is 4. The maximum absolute atomic E-state index is 6.64. The normalized spacial score (nSPS) is 11.7. The third-order valence-electron chi connectivity index (χ3n) is 8.47. The first-order chi connectivity index (χ1) is 21.3. The van der Waals surface area contributed by atoms with E-state index in [9.17, 15) is 0 Å². The quantitative estimate of drug-likeness (QED) is 0.210. The smallest absolute Gasteiger partial charge is 0.159 e. The third kappa shape index (κ3) is 3.72. The minimum absolute atomic E-state index is 0.880. The second kappa shape index (κ2) is 9.59. The van der Waals surface area contributed by atoms with E-state index in [2.05, 4.69) is 150 Å². The second-order valence-electron chi connectivity index (χ2n) is 10.9. The van der Waals surface area contributed by atoms with Gasteiger partial charge in [0.15, 0.2) is 5.58 Å². The van der Waals surface area contributed by atoms with E-state index in [1.165, 1.54) is 42.1 Å². The third-order valence-corrected chi connectivity index (χ3v) is 9.61. The molecular formula is C40H25NOS. The Morgan fingerprint density at radius 2 is 1.02 bits per heavy atom. The molecule has 0 unspecified atom stereocenters. The number of anilines is 3. The van der Waals surface area contributed by atoms with Crippen molar-refractivity contribution in [2.45, 2.75) is 0 Å². The monoisotopic (exact) mass is 567 g/mol. The average Bonchev–Trinajstić information content (AvgIpc) is 3.64. The van der Waals surface area contributed by atoms with E-state index >= 15 is 0 Å². The van der Waals surface area contributed by atoms with Crippen LogP contribution in [0.1, 0.15) is 0 Å². The molecule has 0 aliphatic carbocycles. The Bertz CT molecular complexity index is 2480. The molecule has 0 atom stereocenters. The first-order valence-corrected chi connectivity index (χ1v) is 15.3. The van der Waals surface area contributed by atoms with Crippen molar-refractivity contribution in [3.05, 3.63) is 152 Å². The van der Waals surface area contributed by atoms with Crippen LogP contribution in [-0.2, 0) is 0 Å². The summed E-state index contributed by atoms with van der Waals surface area (Å²) in [7, 11) is 0. The Morgan fingerprint density at radius 3 is 1.98 bits per heavy atom. The van der Waals surface area contributed by atoms with Gasteiger partial charge in [-0.15, -0.1) is 11.3 Å². The van der Waals surface area contributed by atoms with Crippen molar-refractivity contribution in [2.75, 3.05) is 4.90 Å². The molecule has 0 spiro atoms. The number of hydrogen-bond donors (Lipinski definition) is 0. The molecule has 7 aromatic carbocycles. The Kier molecular flexibility index (Phi) is 5.40. The maximum Gasteiger partial charge on any atom is 0.159 e. The average molecular weight is 568 g/mol. The molecule has 0 bridgehead atoms. The van der Waals surface area contributed by atoms with Crippen molar-refractivity contribution in [1.82, 2.24) is 0 Å². The molecule has 43 heavy (non-hydrogen) atoms. The van der Waals surface area contributed by atoms with E-state index in [1.807, 2.05) is 17.4 Å². The minimum atomic E-state index is 0.880. The molecule has 0 radical (unpaired) electrons. The highest BCUT2D eigenvalue weighted by Crippen LogP contribution is 2.49. The van der Waals surface area contributed by atoms with Gasteiger partial charge in [0.25, 0.3) is 0 Å². The largest absolute Gasteiger partial charge is 0.454 e.